The molecule has 6 heteroatoms. The van der Waals surface area contributed by atoms with Gasteiger partial charge >= 0.3 is 0 Å². The lowest BCUT2D eigenvalue weighted by Gasteiger charge is -2.38. The summed E-state index contributed by atoms with van der Waals surface area (Å²) in [5.41, 5.74) is 2.53. The molecule has 4 heterocycles. The van der Waals surface area contributed by atoms with Gasteiger partial charge in [-0.25, -0.2) is 0 Å². The normalized spacial score (nSPS) is 25.9. The number of benzene rings is 2. The van der Waals surface area contributed by atoms with Crippen molar-refractivity contribution >= 4 is 46.3 Å². The standard InChI is InChI=1S/C30H28N2O3S/c1-17-11-13-21-18(16-17)12-14-23-30(19-8-5-6-9-20(19)31-28(30)35)24(26(33)22-10-7-15-36-22)25(32(21)23)27(34)29(2,3)4/h5-16,23-25H,1-4H3,(H,31,35)/t23-,24+,25+,30-/m1/s1. The Labute approximate surface area is 214 Å². The molecule has 1 aromatic heterocycles. The van der Waals surface area contributed by atoms with E-state index in [1.165, 1.54) is 11.3 Å². The first kappa shape index (κ1) is 22.9. The molecule has 1 spiro atoms. The molecule has 6 rings (SSSR count). The van der Waals surface area contributed by atoms with Crippen molar-refractivity contribution in [3.8, 4) is 0 Å². The fraction of sp³-hybridized carbons (Fsp3) is 0.300. The molecule has 0 unspecified atom stereocenters. The van der Waals surface area contributed by atoms with E-state index < -0.39 is 28.8 Å². The fourth-order valence-electron chi connectivity index (χ4n) is 6.31. The molecule has 36 heavy (non-hydrogen) atoms. The van der Waals surface area contributed by atoms with Crippen LogP contribution in [0.4, 0.5) is 11.4 Å². The van der Waals surface area contributed by atoms with Crippen LogP contribution in [-0.4, -0.2) is 29.6 Å². The zero-order valence-electron chi connectivity index (χ0n) is 20.7. The molecule has 0 bridgehead atoms. The monoisotopic (exact) mass is 496 g/mol. The van der Waals surface area contributed by atoms with Gasteiger partial charge in [-0.1, -0.05) is 68.8 Å². The summed E-state index contributed by atoms with van der Waals surface area (Å²) in [6, 6.07) is 16.1. The van der Waals surface area contributed by atoms with Crippen LogP contribution in [0.25, 0.3) is 6.08 Å². The number of nitrogens with zero attached hydrogens (tertiary/aromatic N) is 1. The lowest BCUT2D eigenvalue weighted by Crippen LogP contribution is -2.51. The molecule has 3 aliphatic rings. The van der Waals surface area contributed by atoms with Crippen LogP contribution in [0.2, 0.25) is 0 Å². The summed E-state index contributed by atoms with van der Waals surface area (Å²) < 4.78 is 0. The molecule has 5 nitrogen and oxygen atoms in total. The summed E-state index contributed by atoms with van der Waals surface area (Å²) in [7, 11) is 0. The number of Topliss-reactive ketones (excluding diaryl/α,β-unsaturated/α-hetero) is 2. The number of anilines is 2. The largest absolute Gasteiger partial charge is 0.352 e. The first-order valence-electron chi connectivity index (χ1n) is 12.3. The number of hydrogen-bond donors (Lipinski definition) is 1. The van der Waals surface area contributed by atoms with Crippen LogP contribution in [0.15, 0.2) is 66.1 Å². The van der Waals surface area contributed by atoms with E-state index in [2.05, 4.69) is 16.3 Å². The van der Waals surface area contributed by atoms with E-state index in [1.807, 2.05) is 87.7 Å². The predicted octanol–water partition coefficient (Wildman–Crippen LogP) is 5.64. The molecule has 1 fully saturated rings. The number of carbonyl (C=O) groups is 3. The number of para-hydroxylation sites is 1. The Bertz CT molecular complexity index is 1450. The van der Waals surface area contributed by atoms with Crippen LogP contribution in [-0.2, 0) is 15.0 Å². The molecule has 1 N–H and O–H groups in total. The van der Waals surface area contributed by atoms with Gasteiger partial charge in [0.25, 0.3) is 0 Å². The summed E-state index contributed by atoms with van der Waals surface area (Å²) >= 11 is 1.36. The van der Waals surface area contributed by atoms with Gasteiger partial charge < -0.3 is 10.2 Å². The van der Waals surface area contributed by atoms with E-state index in [9.17, 15) is 14.4 Å². The van der Waals surface area contributed by atoms with Crippen molar-refractivity contribution in [3.05, 3.63) is 87.6 Å². The van der Waals surface area contributed by atoms with Gasteiger partial charge in [-0.3, -0.25) is 14.4 Å². The quantitative estimate of drug-likeness (QED) is 0.476. The summed E-state index contributed by atoms with van der Waals surface area (Å²) in [6.45, 7) is 7.70. The number of thiophene rings is 1. The molecule has 3 aliphatic heterocycles. The smallest absolute Gasteiger partial charge is 0.238 e. The third-order valence-corrected chi connectivity index (χ3v) is 8.73. The second-order valence-electron chi connectivity index (χ2n) is 11.0. The molecule has 1 saturated heterocycles. The molecule has 1 amide bonds. The fourth-order valence-corrected chi connectivity index (χ4v) is 7.02. The SMILES string of the molecule is Cc1ccc2c(c1)C=C[C@H]1N2[C@H](C(=O)C(C)(C)C)[C@@H](C(=O)c2cccs2)[C@]12C(=O)Nc1ccccc12. The van der Waals surface area contributed by atoms with Crippen LogP contribution in [0.5, 0.6) is 0 Å². The molecule has 0 saturated carbocycles. The average molecular weight is 497 g/mol. The number of fused-ring (bicyclic) bond motifs is 6. The number of hydrogen-bond acceptors (Lipinski definition) is 5. The molecular weight excluding hydrogens is 468 g/mol. The number of aryl methyl sites for hydroxylation is 1. The van der Waals surface area contributed by atoms with Crippen molar-refractivity contribution in [2.75, 3.05) is 10.2 Å². The van der Waals surface area contributed by atoms with Crippen molar-refractivity contribution in [1.82, 2.24) is 0 Å². The van der Waals surface area contributed by atoms with Gasteiger partial charge in [0.1, 0.15) is 11.5 Å². The van der Waals surface area contributed by atoms with Crippen LogP contribution in [0.3, 0.4) is 0 Å². The number of ketones is 2. The number of rotatable bonds is 3. The highest BCUT2D eigenvalue weighted by Gasteiger charge is 2.70. The maximum Gasteiger partial charge on any atom is 0.238 e. The topological polar surface area (TPSA) is 66.5 Å². The number of carbonyl (C=O) groups excluding carboxylic acids is 3. The molecule has 0 aliphatic carbocycles. The van der Waals surface area contributed by atoms with Gasteiger partial charge in [0, 0.05) is 16.8 Å². The van der Waals surface area contributed by atoms with Crippen LogP contribution < -0.4 is 10.2 Å². The highest BCUT2D eigenvalue weighted by molar-refractivity contribution is 7.12. The lowest BCUT2D eigenvalue weighted by molar-refractivity contribution is -0.128. The van der Waals surface area contributed by atoms with Gasteiger partial charge in [0.15, 0.2) is 11.6 Å². The van der Waals surface area contributed by atoms with E-state index in [0.29, 0.717) is 10.6 Å². The van der Waals surface area contributed by atoms with Crippen molar-refractivity contribution in [3.63, 3.8) is 0 Å². The van der Waals surface area contributed by atoms with E-state index >= 15 is 0 Å². The van der Waals surface area contributed by atoms with Crippen LogP contribution >= 0.6 is 11.3 Å². The van der Waals surface area contributed by atoms with E-state index in [1.54, 1.807) is 6.07 Å². The maximum atomic E-state index is 14.4. The van der Waals surface area contributed by atoms with Crippen LogP contribution in [0, 0.1) is 18.3 Å². The molecule has 2 aromatic carbocycles. The van der Waals surface area contributed by atoms with E-state index in [0.717, 1.165) is 22.4 Å². The zero-order chi connectivity index (χ0) is 25.4. The second-order valence-corrected chi connectivity index (χ2v) is 12.0. The predicted molar refractivity (Wildman–Crippen MR) is 144 cm³/mol. The van der Waals surface area contributed by atoms with Gasteiger partial charge in [0.2, 0.25) is 5.91 Å². The highest BCUT2D eigenvalue weighted by atomic mass is 32.1. The highest BCUT2D eigenvalue weighted by Crippen LogP contribution is 2.58. The van der Waals surface area contributed by atoms with Gasteiger partial charge in [0.05, 0.1) is 16.8 Å². The molecule has 182 valence electrons. The van der Waals surface area contributed by atoms with Crippen LogP contribution in [0.1, 0.15) is 47.1 Å². The van der Waals surface area contributed by atoms with Crippen molar-refractivity contribution < 1.29 is 14.4 Å². The van der Waals surface area contributed by atoms with Crippen molar-refractivity contribution in [2.24, 2.45) is 11.3 Å². The Morgan fingerprint density at radius 3 is 2.56 bits per heavy atom. The Balaban J connectivity index is 1.69. The van der Waals surface area contributed by atoms with Crippen molar-refractivity contribution in [1.29, 1.82) is 0 Å². The Hall–Kier alpha value is -3.51. The summed E-state index contributed by atoms with van der Waals surface area (Å²) in [6.07, 6.45) is 4.06. The first-order chi connectivity index (χ1) is 17.2. The Kier molecular flexibility index (Phi) is 4.93. The minimum Gasteiger partial charge on any atom is -0.352 e. The molecule has 4 atom stereocenters. The second kappa shape index (κ2) is 7.74. The van der Waals surface area contributed by atoms with E-state index in [-0.39, 0.29) is 17.5 Å². The molecular formula is C30H28N2O3S. The van der Waals surface area contributed by atoms with Gasteiger partial charge in [-0.2, -0.15) is 0 Å². The van der Waals surface area contributed by atoms with Gasteiger partial charge in [-0.15, -0.1) is 11.3 Å². The first-order valence-corrected chi connectivity index (χ1v) is 13.1. The summed E-state index contributed by atoms with van der Waals surface area (Å²) in [4.78, 5) is 45.5. The minimum atomic E-state index is -1.23. The molecule has 0 radical (unpaired) electrons. The Morgan fingerprint density at radius 1 is 1.06 bits per heavy atom. The van der Waals surface area contributed by atoms with Gasteiger partial charge in [-0.05, 0) is 47.7 Å². The average Bonchev–Trinajstić information content (AvgIpc) is 3.54. The minimum absolute atomic E-state index is 0.0433. The number of nitrogens with one attached hydrogen (secondary N) is 1. The zero-order valence-corrected chi connectivity index (χ0v) is 21.6. The number of amides is 1. The van der Waals surface area contributed by atoms with Crippen molar-refractivity contribution in [2.45, 2.75) is 45.2 Å². The summed E-state index contributed by atoms with van der Waals surface area (Å²) in [5, 5.41) is 4.93. The summed E-state index contributed by atoms with van der Waals surface area (Å²) in [5.74, 6) is -1.30. The molecule has 3 aromatic rings. The maximum absolute atomic E-state index is 14.4. The Morgan fingerprint density at radius 2 is 1.83 bits per heavy atom. The third kappa shape index (κ3) is 2.97. The lowest BCUT2D eigenvalue weighted by atomic mass is 9.64. The third-order valence-electron chi connectivity index (χ3n) is 7.84. The van der Waals surface area contributed by atoms with E-state index in [4.69, 9.17) is 0 Å².